The van der Waals surface area contributed by atoms with Crippen molar-refractivity contribution in [1.29, 1.82) is 5.26 Å². The van der Waals surface area contributed by atoms with Crippen LogP contribution < -0.4 is 4.74 Å². The lowest BCUT2D eigenvalue weighted by molar-refractivity contribution is 0.0616. The predicted octanol–water partition coefficient (Wildman–Crippen LogP) is 1.73. The van der Waals surface area contributed by atoms with E-state index in [9.17, 15) is 0 Å². The highest BCUT2D eigenvalue weighted by molar-refractivity contribution is 5.45. The van der Waals surface area contributed by atoms with Gasteiger partial charge in [0.25, 0.3) is 0 Å². The molecule has 0 saturated heterocycles. The van der Waals surface area contributed by atoms with E-state index in [-0.39, 0.29) is 0 Å². The zero-order valence-corrected chi connectivity index (χ0v) is 9.53. The Balaban J connectivity index is 2.58. The molecule has 0 spiro atoms. The molecular weight excluding hydrogens is 206 g/mol. The summed E-state index contributed by atoms with van der Waals surface area (Å²) in [4.78, 5) is 0. The van der Waals surface area contributed by atoms with Crippen LogP contribution in [0.5, 0.6) is 5.75 Å². The van der Waals surface area contributed by atoms with E-state index in [1.54, 1.807) is 20.3 Å². The van der Waals surface area contributed by atoms with E-state index in [2.05, 4.69) is 6.07 Å². The molecule has 4 nitrogen and oxygen atoms in total. The summed E-state index contributed by atoms with van der Waals surface area (Å²) < 4.78 is 15.3. The van der Waals surface area contributed by atoms with Crippen molar-refractivity contribution in [2.45, 2.75) is 6.61 Å². The van der Waals surface area contributed by atoms with Gasteiger partial charge in [-0.3, -0.25) is 0 Å². The van der Waals surface area contributed by atoms with Gasteiger partial charge in [0, 0.05) is 7.11 Å². The lowest BCUT2D eigenvalue weighted by Crippen LogP contribution is -2.02. The molecule has 0 amide bonds. The summed E-state index contributed by atoms with van der Waals surface area (Å²) >= 11 is 0. The summed E-state index contributed by atoms with van der Waals surface area (Å²) in [6.45, 7) is 1.62. The average molecular weight is 221 g/mol. The van der Waals surface area contributed by atoms with Crippen molar-refractivity contribution in [3.8, 4) is 11.8 Å². The summed E-state index contributed by atoms with van der Waals surface area (Å²) in [6.07, 6.45) is 0. The van der Waals surface area contributed by atoms with Gasteiger partial charge < -0.3 is 14.2 Å². The molecule has 0 aromatic heterocycles. The summed E-state index contributed by atoms with van der Waals surface area (Å²) in [5.74, 6) is 0.579. The topological polar surface area (TPSA) is 51.5 Å². The van der Waals surface area contributed by atoms with Gasteiger partial charge in [0.05, 0.1) is 32.5 Å². The Morgan fingerprint density at radius 2 is 2.06 bits per heavy atom. The number of benzene rings is 1. The van der Waals surface area contributed by atoms with Crippen molar-refractivity contribution in [1.82, 2.24) is 0 Å². The van der Waals surface area contributed by atoms with Gasteiger partial charge in [0.2, 0.25) is 0 Å². The molecule has 0 unspecified atom stereocenters. The van der Waals surface area contributed by atoms with Gasteiger partial charge in [-0.25, -0.2) is 0 Å². The molecule has 0 atom stereocenters. The smallest absolute Gasteiger partial charge is 0.136 e. The first-order valence-corrected chi connectivity index (χ1v) is 4.95. The standard InChI is InChI=1S/C12H15NO3/c1-14-5-6-16-9-10-3-4-11(8-13)12(7-10)15-2/h3-4,7H,5-6,9H2,1-2H3. The first kappa shape index (κ1) is 12.5. The molecule has 0 aliphatic heterocycles. The van der Waals surface area contributed by atoms with Crippen LogP contribution in [-0.4, -0.2) is 27.4 Å². The van der Waals surface area contributed by atoms with Crippen molar-refractivity contribution in [3.63, 3.8) is 0 Å². The number of nitrogens with zero attached hydrogens (tertiary/aromatic N) is 1. The zero-order valence-electron chi connectivity index (χ0n) is 9.53. The largest absolute Gasteiger partial charge is 0.495 e. The fourth-order valence-electron chi connectivity index (χ4n) is 1.25. The van der Waals surface area contributed by atoms with Gasteiger partial charge >= 0.3 is 0 Å². The van der Waals surface area contributed by atoms with Crippen molar-refractivity contribution < 1.29 is 14.2 Å². The van der Waals surface area contributed by atoms with E-state index in [0.29, 0.717) is 31.1 Å². The Morgan fingerprint density at radius 3 is 2.69 bits per heavy atom. The molecule has 86 valence electrons. The van der Waals surface area contributed by atoms with Crippen LogP contribution in [0.3, 0.4) is 0 Å². The first-order chi connectivity index (χ1) is 7.81. The van der Waals surface area contributed by atoms with Crippen LogP contribution in [0, 0.1) is 11.3 Å². The molecule has 0 aliphatic carbocycles. The summed E-state index contributed by atoms with van der Waals surface area (Å²) in [5.41, 5.74) is 1.51. The molecule has 0 saturated carbocycles. The second-order valence-electron chi connectivity index (χ2n) is 3.19. The van der Waals surface area contributed by atoms with Crippen molar-refractivity contribution >= 4 is 0 Å². The Morgan fingerprint density at radius 1 is 1.25 bits per heavy atom. The van der Waals surface area contributed by atoms with E-state index in [0.717, 1.165) is 5.56 Å². The highest BCUT2D eigenvalue weighted by Crippen LogP contribution is 2.19. The third-order valence-corrected chi connectivity index (χ3v) is 2.09. The Hall–Kier alpha value is -1.57. The molecule has 0 N–H and O–H groups in total. The van der Waals surface area contributed by atoms with Gasteiger partial charge in [-0.1, -0.05) is 6.07 Å². The zero-order chi connectivity index (χ0) is 11.8. The van der Waals surface area contributed by atoms with Crippen molar-refractivity contribution in [3.05, 3.63) is 29.3 Å². The van der Waals surface area contributed by atoms with Gasteiger partial charge in [0.1, 0.15) is 11.8 Å². The summed E-state index contributed by atoms with van der Waals surface area (Å²) in [7, 11) is 3.18. The number of hydrogen-bond acceptors (Lipinski definition) is 4. The first-order valence-electron chi connectivity index (χ1n) is 4.95. The summed E-state index contributed by atoms with van der Waals surface area (Å²) in [5, 5.41) is 8.81. The normalized spacial score (nSPS) is 9.81. The molecule has 0 fully saturated rings. The number of nitriles is 1. The molecule has 1 rings (SSSR count). The molecule has 0 bridgehead atoms. The van der Waals surface area contributed by atoms with Crippen LogP contribution in [0.4, 0.5) is 0 Å². The number of rotatable bonds is 6. The van der Waals surface area contributed by atoms with Gasteiger partial charge in [0.15, 0.2) is 0 Å². The SMILES string of the molecule is COCCOCc1ccc(C#N)c(OC)c1. The van der Waals surface area contributed by atoms with Crippen molar-refractivity contribution in [2.24, 2.45) is 0 Å². The van der Waals surface area contributed by atoms with Crippen LogP contribution in [0.25, 0.3) is 0 Å². The molecular formula is C12H15NO3. The number of methoxy groups -OCH3 is 2. The van der Waals surface area contributed by atoms with Crippen LogP contribution >= 0.6 is 0 Å². The number of ether oxygens (including phenoxy) is 3. The third kappa shape index (κ3) is 3.54. The lowest BCUT2D eigenvalue weighted by atomic mass is 10.1. The minimum Gasteiger partial charge on any atom is -0.495 e. The van der Waals surface area contributed by atoms with E-state index in [1.165, 1.54) is 0 Å². The van der Waals surface area contributed by atoms with Crippen LogP contribution in [0.2, 0.25) is 0 Å². The van der Waals surface area contributed by atoms with Crippen molar-refractivity contribution in [2.75, 3.05) is 27.4 Å². The molecule has 1 aromatic rings. The van der Waals surface area contributed by atoms with Gasteiger partial charge in [-0.2, -0.15) is 5.26 Å². The Kier molecular flexibility index (Phi) is 5.34. The van der Waals surface area contributed by atoms with E-state index in [1.807, 2.05) is 12.1 Å². The second kappa shape index (κ2) is 6.83. The fourth-order valence-corrected chi connectivity index (χ4v) is 1.25. The maximum Gasteiger partial charge on any atom is 0.136 e. The van der Waals surface area contributed by atoms with Gasteiger partial charge in [-0.15, -0.1) is 0 Å². The number of hydrogen-bond donors (Lipinski definition) is 0. The monoisotopic (exact) mass is 221 g/mol. The highest BCUT2D eigenvalue weighted by atomic mass is 16.5. The van der Waals surface area contributed by atoms with E-state index >= 15 is 0 Å². The lowest BCUT2D eigenvalue weighted by Gasteiger charge is -2.07. The maximum atomic E-state index is 8.81. The molecule has 16 heavy (non-hydrogen) atoms. The van der Waals surface area contributed by atoms with Crippen LogP contribution in [0.1, 0.15) is 11.1 Å². The van der Waals surface area contributed by atoms with Crippen LogP contribution in [0.15, 0.2) is 18.2 Å². The molecule has 0 heterocycles. The molecule has 1 aromatic carbocycles. The Bertz CT molecular complexity index is 371. The Labute approximate surface area is 95.4 Å². The van der Waals surface area contributed by atoms with Gasteiger partial charge in [-0.05, 0) is 17.7 Å². The quantitative estimate of drug-likeness (QED) is 0.686. The molecule has 0 aliphatic rings. The van der Waals surface area contributed by atoms with E-state index < -0.39 is 0 Å². The second-order valence-corrected chi connectivity index (χ2v) is 3.19. The fraction of sp³-hybridized carbons (Fsp3) is 0.417. The highest BCUT2D eigenvalue weighted by Gasteiger charge is 2.03. The minimum absolute atomic E-state index is 0.491. The summed E-state index contributed by atoms with van der Waals surface area (Å²) in [6, 6.07) is 7.46. The van der Waals surface area contributed by atoms with Crippen LogP contribution in [-0.2, 0) is 16.1 Å². The maximum absolute atomic E-state index is 8.81. The predicted molar refractivity (Wildman–Crippen MR) is 59.2 cm³/mol. The molecule has 0 radical (unpaired) electrons. The average Bonchev–Trinajstić information content (AvgIpc) is 2.34. The van der Waals surface area contributed by atoms with E-state index in [4.69, 9.17) is 19.5 Å². The molecule has 4 heteroatoms. The minimum atomic E-state index is 0.491. The third-order valence-electron chi connectivity index (χ3n) is 2.09.